The minimum atomic E-state index is -0.106. The van der Waals surface area contributed by atoms with Gasteiger partial charge in [0.1, 0.15) is 0 Å². The van der Waals surface area contributed by atoms with Gasteiger partial charge in [-0.05, 0) is 32.4 Å². The molecule has 0 atom stereocenters. The molecule has 6 heteroatoms. The van der Waals surface area contributed by atoms with E-state index < -0.39 is 0 Å². The average Bonchev–Trinajstić information content (AvgIpc) is 3.15. The Kier molecular flexibility index (Phi) is 16.9. The Morgan fingerprint density at radius 1 is 0.926 bits per heavy atom. The summed E-state index contributed by atoms with van der Waals surface area (Å²) in [7, 11) is 1.81. The Bertz CT molecular complexity index is 321. The van der Waals surface area contributed by atoms with E-state index in [1.807, 2.05) is 0 Å². The van der Waals surface area contributed by atoms with Crippen LogP contribution in [0.2, 0.25) is 12.6 Å². The van der Waals surface area contributed by atoms with Gasteiger partial charge >= 0.3 is 14.2 Å². The number of rotatable bonds is 14. The summed E-state index contributed by atoms with van der Waals surface area (Å²) in [6.07, 6.45) is 12.4. The van der Waals surface area contributed by atoms with Crippen LogP contribution in [0.3, 0.4) is 0 Å². The lowest BCUT2D eigenvalue weighted by atomic mass is 9.79. The highest BCUT2D eigenvalue weighted by atomic mass is 16.6. The normalized spacial score (nSPS) is 14.4. The molecule has 0 aromatic rings. The second-order valence-corrected chi connectivity index (χ2v) is 8.41. The van der Waals surface area contributed by atoms with Crippen molar-refractivity contribution in [2.45, 2.75) is 111 Å². The maximum Gasteiger partial charge on any atom is 0.457 e. The SMILES string of the molecule is CCCCCCB(OC)OC(C)(C)C(C)C.CCCCCCB1OCCO1. The topological polar surface area (TPSA) is 36.9 Å². The third-order valence-corrected chi connectivity index (χ3v) is 5.37. The molecule has 27 heavy (non-hydrogen) atoms. The molecule has 0 radical (unpaired) electrons. The standard InChI is InChI=1S/C13H29BO2.C8H17BO2/c1-7-8-9-10-11-14(15-6)16-13(4,5)12(2)3;1-2-3-4-5-6-9-10-7-8-11-9/h12H,7-11H2,1-6H3;2-8H2,1H3. The van der Waals surface area contributed by atoms with Gasteiger partial charge < -0.3 is 18.6 Å². The first-order valence-corrected chi connectivity index (χ1v) is 11.3. The van der Waals surface area contributed by atoms with Crippen molar-refractivity contribution < 1.29 is 18.6 Å². The smallest absolute Gasteiger partial charge is 0.414 e. The van der Waals surface area contributed by atoms with Crippen molar-refractivity contribution in [3.8, 4) is 0 Å². The molecule has 0 N–H and O–H groups in total. The highest BCUT2D eigenvalue weighted by molar-refractivity contribution is 6.45. The maximum absolute atomic E-state index is 6.01. The highest BCUT2D eigenvalue weighted by Crippen LogP contribution is 2.23. The summed E-state index contributed by atoms with van der Waals surface area (Å²) in [6.45, 7) is 14.7. The Morgan fingerprint density at radius 2 is 1.48 bits per heavy atom. The largest absolute Gasteiger partial charge is 0.457 e. The van der Waals surface area contributed by atoms with E-state index in [4.69, 9.17) is 18.6 Å². The van der Waals surface area contributed by atoms with E-state index in [1.165, 1.54) is 51.4 Å². The zero-order valence-corrected chi connectivity index (χ0v) is 19.4. The van der Waals surface area contributed by atoms with Crippen molar-refractivity contribution in [1.29, 1.82) is 0 Å². The lowest BCUT2D eigenvalue weighted by Crippen LogP contribution is -2.38. The van der Waals surface area contributed by atoms with Crippen molar-refractivity contribution in [3.63, 3.8) is 0 Å². The van der Waals surface area contributed by atoms with Crippen molar-refractivity contribution in [3.05, 3.63) is 0 Å². The molecule has 1 fully saturated rings. The molecule has 0 aliphatic carbocycles. The van der Waals surface area contributed by atoms with Crippen LogP contribution in [0.15, 0.2) is 0 Å². The number of hydrogen-bond donors (Lipinski definition) is 0. The van der Waals surface area contributed by atoms with Gasteiger partial charge in [-0.3, -0.25) is 0 Å². The maximum atomic E-state index is 6.01. The van der Waals surface area contributed by atoms with Crippen molar-refractivity contribution in [2.75, 3.05) is 20.3 Å². The van der Waals surface area contributed by atoms with Crippen LogP contribution in [0, 0.1) is 5.92 Å². The van der Waals surface area contributed by atoms with Crippen LogP contribution in [0.1, 0.15) is 92.9 Å². The van der Waals surface area contributed by atoms with Gasteiger partial charge in [0.15, 0.2) is 0 Å². The van der Waals surface area contributed by atoms with Crippen molar-refractivity contribution >= 4 is 14.2 Å². The van der Waals surface area contributed by atoms with Crippen molar-refractivity contribution in [1.82, 2.24) is 0 Å². The molecule has 0 amide bonds. The van der Waals surface area contributed by atoms with E-state index in [9.17, 15) is 0 Å². The average molecular weight is 384 g/mol. The first-order chi connectivity index (χ1) is 12.9. The molecule has 0 aromatic heterocycles. The van der Waals surface area contributed by atoms with Gasteiger partial charge in [-0.25, -0.2) is 0 Å². The molecule has 4 nitrogen and oxygen atoms in total. The lowest BCUT2D eigenvalue weighted by Gasteiger charge is -2.32. The summed E-state index contributed by atoms with van der Waals surface area (Å²) in [5, 5.41) is 0. The van der Waals surface area contributed by atoms with Crippen molar-refractivity contribution in [2.24, 2.45) is 5.92 Å². The first kappa shape index (κ1) is 27.0. The van der Waals surface area contributed by atoms with E-state index in [0.717, 1.165) is 25.9 Å². The minimum absolute atomic E-state index is 0.0470. The number of unbranched alkanes of at least 4 members (excludes halogenated alkanes) is 6. The Hall–Kier alpha value is -0.0301. The second kappa shape index (κ2) is 16.9. The van der Waals surface area contributed by atoms with E-state index in [1.54, 1.807) is 7.11 Å². The molecular weight excluding hydrogens is 338 g/mol. The van der Waals surface area contributed by atoms with Gasteiger partial charge in [0.2, 0.25) is 0 Å². The fourth-order valence-corrected chi connectivity index (χ4v) is 2.75. The fraction of sp³-hybridized carbons (Fsp3) is 1.00. The van der Waals surface area contributed by atoms with Gasteiger partial charge in [0.05, 0.1) is 18.8 Å². The van der Waals surface area contributed by atoms with Crippen LogP contribution in [-0.4, -0.2) is 40.2 Å². The molecule has 160 valence electrons. The van der Waals surface area contributed by atoms with Crippen LogP contribution in [0.5, 0.6) is 0 Å². The zero-order valence-electron chi connectivity index (χ0n) is 19.4. The molecule has 0 spiro atoms. The number of hydrogen-bond acceptors (Lipinski definition) is 4. The van der Waals surface area contributed by atoms with Gasteiger partial charge in [0.25, 0.3) is 0 Å². The molecule has 1 aliphatic rings. The van der Waals surface area contributed by atoms with E-state index >= 15 is 0 Å². The van der Waals surface area contributed by atoms with Crippen LogP contribution in [-0.2, 0) is 18.6 Å². The summed E-state index contributed by atoms with van der Waals surface area (Å²) in [5.41, 5.74) is -0.106. The Balaban J connectivity index is 0.000000533. The van der Waals surface area contributed by atoms with E-state index in [-0.39, 0.29) is 19.8 Å². The summed E-state index contributed by atoms with van der Waals surface area (Å²) in [5.74, 6) is 0.501. The predicted octanol–water partition coefficient (Wildman–Crippen LogP) is 6.25. The zero-order chi connectivity index (χ0) is 20.5. The molecule has 0 bridgehead atoms. The van der Waals surface area contributed by atoms with Gasteiger partial charge in [-0.15, -0.1) is 0 Å². The second-order valence-electron chi connectivity index (χ2n) is 8.41. The Morgan fingerprint density at radius 3 is 1.96 bits per heavy atom. The fourth-order valence-electron chi connectivity index (χ4n) is 2.75. The molecule has 0 saturated carbocycles. The van der Waals surface area contributed by atoms with Crippen LogP contribution < -0.4 is 0 Å². The molecule has 1 rings (SSSR count). The summed E-state index contributed by atoms with van der Waals surface area (Å²) >= 11 is 0. The summed E-state index contributed by atoms with van der Waals surface area (Å²) in [6, 6.07) is 0. The highest BCUT2D eigenvalue weighted by Gasteiger charge is 2.29. The lowest BCUT2D eigenvalue weighted by molar-refractivity contribution is 0.0321. The summed E-state index contributed by atoms with van der Waals surface area (Å²) in [4.78, 5) is 0. The van der Waals surface area contributed by atoms with Gasteiger partial charge in [-0.1, -0.05) is 79.1 Å². The first-order valence-electron chi connectivity index (χ1n) is 11.3. The molecular formula is C21H46B2O4. The van der Waals surface area contributed by atoms with Crippen LogP contribution in [0.25, 0.3) is 0 Å². The molecule has 0 unspecified atom stereocenters. The van der Waals surface area contributed by atoms with Crippen LogP contribution in [0.4, 0.5) is 0 Å². The molecule has 1 heterocycles. The molecule has 1 aliphatic heterocycles. The third-order valence-electron chi connectivity index (χ3n) is 5.37. The monoisotopic (exact) mass is 384 g/mol. The minimum Gasteiger partial charge on any atom is -0.414 e. The predicted molar refractivity (Wildman–Crippen MR) is 118 cm³/mol. The third kappa shape index (κ3) is 14.6. The van der Waals surface area contributed by atoms with Gasteiger partial charge in [-0.2, -0.15) is 0 Å². The quantitative estimate of drug-likeness (QED) is 0.262. The molecule has 1 saturated heterocycles. The molecule has 0 aromatic carbocycles. The van der Waals surface area contributed by atoms with Crippen LogP contribution >= 0.6 is 0 Å². The Labute approximate surface area is 170 Å². The van der Waals surface area contributed by atoms with Gasteiger partial charge in [0, 0.05) is 7.11 Å². The summed E-state index contributed by atoms with van der Waals surface area (Å²) < 4.78 is 22.0. The van der Waals surface area contributed by atoms with E-state index in [2.05, 4.69) is 41.5 Å². The van der Waals surface area contributed by atoms with E-state index in [0.29, 0.717) is 5.92 Å².